The standard InChI is InChI=1S/C20H27N5O3/c1-4-6-16-10-11-21-20(22-16)24(23-12-5-7-18(23)14-28-3)17-9-8-15(2)19(13-17)25(26)27/h8-11,13,18H,4-7,12,14H2,1-3H3/t18-/m0/s1. The molecule has 0 saturated carbocycles. The zero-order valence-electron chi connectivity index (χ0n) is 16.7. The van der Waals surface area contributed by atoms with Gasteiger partial charge < -0.3 is 4.74 Å². The first kappa shape index (κ1) is 20.2. The summed E-state index contributed by atoms with van der Waals surface area (Å²) < 4.78 is 5.40. The van der Waals surface area contributed by atoms with E-state index in [1.54, 1.807) is 32.4 Å². The van der Waals surface area contributed by atoms with Gasteiger partial charge in [0.25, 0.3) is 5.69 Å². The number of hydrogen-bond acceptors (Lipinski definition) is 7. The highest BCUT2D eigenvalue weighted by molar-refractivity contribution is 5.62. The van der Waals surface area contributed by atoms with Gasteiger partial charge in [-0.2, -0.15) is 0 Å². The van der Waals surface area contributed by atoms with E-state index in [1.807, 2.05) is 17.1 Å². The fourth-order valence-electron chi connectivity index (χ4n) is 3.63. The third-order valence-corrected chi connectivity index (χ3v) is 4.99. The quantitative estimate of drug-likeness (QED) is 0.504. The Morgan fingerprint density at radius 3 is 2.93 bits per heavy atom. The van der Waals surface area contributed by atoms with E-state index in [9.17, 15) is 10.1 Å². The van der Waals surface area contributed by atoms with E-state index in [-0.39, 0.29) is 16.7 Å². The molecule has 2 heterocycles. The average Bonchev–Trinajstić information content (AvgIpc) is 3.12. The van der Waals surface area contributed by atoms with E-state index in [4.69, 9.17) is 9.72 Å². The summed E-state index contributed by atoms with van der Waals surface area (Å²) in [5, 5.41) is 15.6. The largest absolute Gasteiger partial charge is 0.383 e. The Morgan fingerprint density at radius 1 is 1.39 bits per heavy atom. The molecule has 1 saturated heterocycles. The van der Waals surface area contributed by atoms with Crippen LogP contribution in [0, 0.1) is 17.0 Å². The van der Waals surface area contributed by atoms with Crippen LogP contribution in [-0.4, -0.2) is 46.2 Å². The van der Waals surface area contributed by atoms with Crippen LogP contribution in [0.2, 0.25) is 0 Å². The van der Waals surface area contributed by atoms with Crippen molar-refractivity contribution in [2.45, 2.75) is 45.6 Å². The molecule has 0 aliphatic carbocycles. The number of nitro groups is 1. The van der Waals surface area contributed by atoms with Gasteiger partial charge in [-0.15, -0.1) is 0 Å². The van der Waals surface area contributed by atoms with Crippen LogP contribution in [0.1, 0.15) is 37.4 Å². The zero-order valence-corrected chi connectivity index (χ0v) is 16.7. The number of nitro benzene ring substituents is 1. The summed E-state index contributed by atoms with van der Waals surface area (Å²) in [6, 6.07) is 7.36. The van der Waals surface area contributed by atoms with Crippen molar-refractivity contribution in [2.75, 3.05) is 25.3 Å². The van der Waals surface area contributed by atoms with Gasteiger partial charge in [0, 0.05) is 37.2 Å². The summed E-state index contributed by atoms with van der Waals surface area (Å²) in [6.07, 6.45) is 5.62. The molecule has 2 aromatic rings. The maximum absolute atomic E-state index is 11.5. The first-order valence-corrected chi connectivity index (χ1v) is 9.67. The predicted octanol–water partition coefficient (Wildman–Crippen LogP) is 3.81. The van der Waals surface area contributed by atoms with Crippen LogP contribution in [0.25, 0.3) is 0 Å². The smallest absolute Gasteiger partial charge is 0.274 e. The summed E-state index contributed by atoms with van der Waals surface area (Å²) >= 11 is 0. The number of anilines is 2. The van der Waals surface area contributed by atoms with E-state index in [0.717, 1.165) is 37.9 Å². The van der Waals surface area contributed by atoms with Gasteiger partial charge in [-0.3, -0.25) is 10.1 Å². The van der Waals surface area contributed by atoms with Crippen molar-refractivity contribution >= 4 is 17.3 Å². The minimum absolute atomic E-state index is 0.0923. The monoisotopic (exact) mass is 385 g/mol. The molecular formula is C20H27N5O3. The first-order chi connectivity index (χ1) is 13.5. The normalized spacial score (nSPS) is 17.0. The van der Waals surface area contributed by atoms with Crippen LogP contribution >= 0.6 is 0 Å². The molecule has 1 aromatic heterocycles. The molecule has 1 aliphatic heterocycles. The Labute approximate surface area is 165 Å². The molecule has 28 heavy (non-hydrogen) atoms. The summed E-state index contributed by atoms with van der Waals surface area (Å²) in [5.41, 5.74) is 2.37. The van der Waals surface area contributed by atoms with Crippen LogP contribution in [0.3, 0.4) is 0 Å². The number of hydrogen-bond donors (Lipinski definition) is 0. The van der Waals surface area contributed by atoms with E-state index in [1.165, 1.54) is 0 Å². The molecule has 8 nitrogen and oxygen atoms in total. The molecule has 0 N–H and O–H groups in total. The number of rotatable bonds is 8. The fraction of sp³-hybridized carbons (Fsp3) is 0.500. The number of hydrazine groups is 1. The van der Waals surface area contributed by atoms with Crippen LogP contribution in [0.15, 0.2) is 30.5 Å². The van der Waals surface area contributed by atoms with Crippen molar-refractivity contribution in [1.29, 1.82) is 0 Å². The van der Waals surface area contributed by atoms with Gasteiger partial charge in [-0.05, 0) is 38.3 Å². The first-order valence-electron chi connectivity index (χ1n) is 9.67. The lowest BCUT2D eigenvalue weighted by atomic mass is 10.2. The maximum Gasteiger partial charge on any atom is 0.274 e. The van der Waals surface area contributed by atoms with Crippen molar-refractivity contribution in [2.24, 2.45) is 0 Å². The van der Waals surface area contributed by atoms with Gasteiger partial charge in [0.05, 0.1) is 23.3 Å². The molecule has 0 spiro atoms. The Bertz CT molecular complexity index is 829. The minimum Gasteiger partial charge on any atom is -0.383 e. The molecule has 0 unspecified atom stereocenters. The molecule has 1 aromatic carbocycles. The van der Waals surface area contributed by atoms with E-state index < -0.39 is 0 Å². The van der Waals surface area contributed by atoms with Gasteiger partial charge in [0.2, 0.25) is 5.95 Å². The van der Waals surface area contributed by atoms with Crippen molar-refractivity contribution in [3.8, 4) is 0 Å². The van der Waals surface area contributed by atoms with E-state index in [2.05, 4.69) is 16.9 Å². The predicted molar refractivity (Wildman–Crippen MR) is 108 cm³/mol. The van der Waals surface area contributed by atoms with Crippen molar-refractivity contribution in [3.63, 3.8) is 0 Å². The Hall–Kier alpha value is -2.58. The van der Waals surface area contributed by atoms with Gasteiger partial charge in [-0.1, -0.05) is 19.4 Å². The molecule has 150 valence electrons. The SMILES string of the molecule is CCCc1ccnc(N(c2ccc(C)c([N+](=O)[O-])c2)N2CCC[C@H]2COC)n1. The second kappa shape index (κ2) is 9.07. The number of methoxy groups -OCH3 is 1. The van der Waals surface area contributed by atoms with Crippen LogP contribution < -0.4 is 5.01 Å². The van der Waals surface area contributed by atoms with Crippen LogP contribution in [0.5, 0.6) is 0 Å². The molecule has 0 amide bonds. The fourth-order valence-corrected chi connectivity index (χ4v) is 3.63. The van der Waals surface area contributed by atoms with Crippen LogP contribution in [-0.2, 0) is 11.2 Å². The Balaban J connectivity index is 2.08. The summed E-state index contributed by atoms with van der Waals surface area (Å²) in [4.78, 5) is 20.4. The third kappa shape index (κ3) is 4.28. The molecule has 3 rings (SSSR count). The van der Waals surface area contributed by atoms with Crippen LogP contribution in [0.4, 0.5) is 17.3 Å². The molecule has 1 aliphatic rings. The maximum atomic E-state index is 11.5. The van der Waals surface area contributed by atoms with Crippen molar-refractivity contribution in [1.82, 2.24) is 15.0 Å². The van der Waals surface area contributed by atoms with E-state index in [0.29, 0.717) is 23.8 Å². The molecule has 0 radical (unpaired) electrons. The molecule has 8 heteroatoms. The van der Waals surface area contributed by atoms with Gasteiger partial charge >= 0.3 is 0 Å². The third-order valence-electron chi connectivity index (χ3n) is 4.99. The highest BCUT2D eigenvalue weighted by Gasteiger charge is 2.33. The number of aromatic nitrogens is 2. The second-order valence-electron chi connectivity index (χ2n) is 7.05. The number of benzene rings is 1. The lowest BCUT2D eigenvalue weighted by Crippen LogP contribution is -2.45. The molecule has 1 atom stereocenters. The highest BCUT2D eigenvalue weighted by Crippen LogP contribution is 2.33. The highest BCUT2D eigenvalue weighted by atomic mass is 16.6. The number of nitrogens with zero attached hydrogens (tertiary/aromatic N) is 5. The van der Waals surface area contributed by atoms with Gasteiger partial charge in [0.1, 0.15) is 0 Å². The lowest BCUT2D eigenvalue weighted by Gasteiger charge is -2.36. The molecule has 0 bridgehead atoms. The molecule has 1 fully saturated rings. The Kier molecular flexibility index (Phi) is 6.53. The Morgan fingerprint density at radius 2 is 2.21 bits per heavy atom. The summed E-state index contributed by atoms with van der Waals surface area (Å²) in [6.45, 7) is 5.25. The minimum atomic E-state index is -0.345. The lowest BCUT2D eigenvalue weighted by molar-refractivity contribution is -0.385. The average molecular weight is 385 g/mol. The van der Waals surface area contributed by atoms with E-state index >= 15 is 0 Å². The van der Waals surface area contributed by atoms with Gasteiger partial charge in [0.15, 0.2) is 0 Å². The second-order valence-corrected chi connectivity index (χ2v) is 7.05. The van der Waals surface area contributed by atoms with Crippen molar-refractivity contribution < 1.29 is 9.66 Å². The molecular weight excluding hydrogens is 358 g/mol. The summed E-state index contributed by atoms with van der Waals surface area (Å²) in [5.74, 6) is 0.534. The topological polar surface area (TPSA) is 84.6 Å². The van der Waals surface area contributed by atoms with Crippen molar-refractivity contribution in [3.05, 3.63) is 51.8 Å². The zero-order chi connectivity index (χ0) is 20.1. The van der Waals surface area contributed by atoms with Gasteiger partial charge in [-0.25, -0.2) is 20.0 Å². The summed E-state index contributed by atoms with van der Waals surface area (Å²) in [7, 11) is 1.69. The number of ether oxygens (including phenoxy) is 1. The number of aryl methyl sites for hydroxylation is 2.